The summed E-state index contributed by atoms with van der Waals surface area (Å²) in [4.78, 5) is 11.9. The number of methoxy groups -OCH3 is 1. The lowest BCUT2D eigenvalue weighted by molar-refractivity contribution is -0.151. The van der Waals surface area contributed by atoms with Gasteiger partial charge in [0.25, 0.3) is 0 Å². The summed E-state index contributed by atoms with van der Waals surface area (Å²) in [7, 11) is 1.21. The Balaban J connectivity index is 1.75. The number of hydrogen-bond donors (Lipinski definition) is 2. The van der Waals surface area contributed by atoms with E-state index < -0.39 is 18.1 Å². The van der Waals surface area contributed by atoms with E-state index in [4.69, 9.17) is 4.74 Å². The molecule has 0 aliphatic heterocycles. The summed E-state index contributed by atoms with van der Waals surface area (Å²) in [5, 5.41) is 13.5. The largest absolute Gasteiger partial charge is 0.489 e. The van der Waals surface area contributed by atoms with Gasteiger partial charge in [-0.3, -0.25) is 0 Å². The van der Waals surface area contributed by atoms with Crippen molar-refractivity contribution in [2.75, 3.05) is 12.4 Å². The molecule has 3 aromatic rings. The molecule has 0 aromatic heterocycles. The smallest absolute Gasteiger partial charge is 0.337 e. The highest BCUT2D eigenvalue weighted by molar-refractivity contribution is 5.76. The second kappa shape index (κ2) is 9.71. The third kappa shape index (κ3) is 5.56. The van der Waals surface area contributed by atoms with Crippen LogP contribution in [-0.2, 0) is 16.1 Å². The van der Waals surface area contributed by atoms with E-state index in [0.717, 1.165) is 5.56 Å². The highest BCUT2D eigenvalue weighted by atomic mass is 19.1. The number of aliphatic hydroxyl groups is 1. The molecule has 0 saturated heterocycles. The maximum atomic E-state index is 13.2. The Morgan fingerprint density at radius 3 is 2.28 bits per heavy atom. The Morgan fingerprint density at radius 2 is 1.66 bits per heavy atom. The number of hydrogen-bond acceptors (Lipinski definition) is 5. The van der Waals surface area contributed by atoms with Crippen LogP contribution in [0.4, 0.5) is 10.1 Å². The molecule has 3 rings (SSSR count). The standard InChI is InChI=1S/C23H22FNO4/c1-28-23(27)22(26)21(25-19-11-9-18(24)10-12-19)17-7-13-20(14-8-17)29-15-16-5-3-2-4-6-16/h2-14,21-22,25-26H,15H2,1H3/t21-,22+/m1/s1. The van der Waals surface area contributed by atoms with E-state index in [1.54, 1.807) is 24.3 Å². The number of ether oxygens (including phenoxy) is 2. The first kappa shape index (κ1) is 20.4. The molecule has 0 fully saturated rings. The monoisotopic (exact) mass is 395 g/mol. The number of rotatable bonds is 8. The predicted molar refractivity (Wildman–Crippen MR) is 108 cm³/mol. The van der Waals surface area contributed by atoms with E-state index in [9.17, 15) is 14.3 Å². The first-order chi connectivity index (χ1) is 14.1. The fraction of sp³-hybridized carbons (Fsp3) is 0.174. The molecule has 0 aliphatic rings. The molecule has 0 spiro atoms. The number of benzene rings is 3. The minimum Gasteiger partial charge on any atom is -0.489 e. The predicted octanol–water partition coefficient (Wildman–Crippen LogP) is 4.09. The molecule has 0 amide bonds. The Labute approximate surface area is 168 Å². The minimum atomic E-state index is -1.44. The van der Waals surface area contributed by atoms with E-state index in [1.807, 2.05) is 30.3 Å². The lowest BCUT2D eigenvalue weighted by atomic mass is 10.0. The van der Waals surface area contributed by atoms with Crippen LogP contribution in [0.15, 0.2) is 78.9 Å². The lowest BCUT2D eigenvalue weighted by Gasteiger charge is -2.24. The Hall–Kier alpha value is -3.38. The zero-order valence-corrected chi connectivity index (χ0v) is 15.9. The number of carbonyl (C=O) groups excluding carboxylic acids is 1. The number of esters is 1. The van der Waals surface area contributed by atoms with Crippen LogP contribution < -0.4 is 10.1 Å². The van der Waals surface area contributed by atoms with Crippen molar-refractivity contribution in [2.24, 2.45) is 0 Å². The van der Waals surface area contributed by atoms with Crippen LogP contribution in [0, 0.1) is 5.82 Å². The molecule has 0 radical (unpaired) electrons. The van der Waals surface area contributed by atoms with Crippen LogP contribution in [0.1, 0.15) is 17.2 Å². The van der Waals surface area contributed by atoms with Gasteiger partial charge in [0.2, 0.25) is 0 Å². The topological polar surface area (TPSA) is 67.8 Å². The van der Waals surface area contributed by atoms with Gasteiger partial charge in [0.05, 0.1) is 13.2 Å². The van der Waals surface area contributed by atoms with Crippen molar-refractivity contribution in [3.63, 3.8) is 0 Å². The highest BCUT2D eigenvalue weighted by Crippen LogP contribution is 2.26. The molecule has 5 nitrogen and oxygen atoms in total. The molecule has 2 atom stereocenters. The van der Waals surface area contributed by atoms with Crippen LogP contribution in [-0.4, -0.2) is 24.3 Å². The van der Waals surface area contributed by atoms with Crippen molar-refractivity contribution >= 4 is 11.7 Å². The third-order valence-electron chi connectivity index (χ3n) is 4.41. The Morgan fingerprint density at radius 1 is 1.00 bits per heavy atom. The summed E-state index contributed by atoms with van der Waals surface area (Å²) in [5.41, 5.74) is 2.26. The zero-order chi connectivity index (χ0) is 20.6. The van der Waals surface area contributed by atoms with Gasteiger partial charge < -0.3 is 19.9 Å². The Kier molecular flexibility index (Phi) is 6.81. The molecule has 150 valence electrons. The molecular weight excluding hydrogens is 373 g/mol. The summed E-state index contributed by atoms with van der Waals surface area (Å²) in [6.07, 6.45) is -1.44. The van der Waals surface area contributed by atoms with E-state index in [0.29, 0.717) is 23.6 Å². The molecule has 0 saturated carbocycles. The first-order valence-corrected chi connectivity index (χ1v) is 9.11. The fourth-order valence-corrected chi connectivity index (χ4v) is 2.84. The lowest BCUT2D eigenvalue weighted by Crippen LogP contribution is -2.33. The fourth-order valence-electron chi connectivity index (χ4n) is 2.84. The maximum Gasteiger partial charge on any atom is 0.337 e. The molecule has 29 heavy (non-hydrogen) atoms. The normalized spacial score (nSPS) is 12.7. The number of nitrogens with one attached hydrogen (secondary N) is 1. The van der Waals surface area contributed by atoms with Gasteiger partial charge in [-0.2, -0.15) is 0 Å². The van der Waals surface area contributed by atoms with Crippen LogP contribution in [0.2, 0.25) is 0 Å². The summed E-state index contributed by atoms with van der Waals surface area (Å²) in [5.74, 6) is -0.486. The van der Waals surface area contributed by atoms with Crippen molar-refractivity contribution < 1.29 is 23.8 Å². The van der Waals surface area contributed by atoms with Crippen LogP contribution in [0.25, 0.3) is 0 Å². The zero-order valence-electron chi connectivity index (χ0n) is 15.9. The number of halogens is 1. The molecule has 0 aliphatic carbocycles. The van der Waals surface area contributed by atoms with E-state index >= 15 is 0 Å². The third-order valence-corrected chi connectivity index (χ3v) is 4.41. The first-order valence-electron chi connectivity index (χ1n) is 9.11. The molecule has 0 heterocycles. The minimum absolute atomic E-state index is 0.375. The van der Waals surface area contributed by atoms with Gasteiger partial charge in [-0.15, -0.1) is 0 Å². The maximum absolute atomic E-state index is 13.2. The molecular formula is C23H22FNO4. The van der Waals surface area contributed by atoms with Crippen LogP contribution in [0.5, 0.6) is 5.75 Å². The van der Waals surface area contributed by atoms with Crippen LogP contribution in [0.3, 0.4) is 0 Å². The van der Waals surface area contributed by atoms with Crippen molar-refractivity contribution in [2.45, 2.75) is 18.8 Å². The van der Waals surface area contributed by atoms with Gasteiger partial charge in [-0.25, -0.2) is 9.18 Å². The quantitative estimate of drug-likeness (QED) is 0.563. The molecule has 3 aromatic carbocycles. The molecule has 0 unspecified atom stereocenters. The van der Waals surface area contributed by atoms with E-state index in [-0.39, 0.29) is 5.82 Å². The molecule has 0 bridgehead atoms. The number of carbonyl (C=O) groups is 1. The average Bonchev–Trinajstić information content (AvgIpc) is 2.77. The van der Waals surface area contributed by atoms with Crippen LogP contribution >= 0.6 is 0 Å². The van der Waals surface area contributed by atoms with Gasteiger partial charge in [-0.05, 0) is 47.5 Å². The number of anilines is 1. The average molecular weight is 395 g/mol. The summed E-state index contributed by atoms with van der Waals surface area (Å²) < 4.78 is 23.6. The summed E-state index contributed by atoms with van der Waals surface area (Å²) in [6, 6.07) is 21.7. The second-order valence-electron chi connectivity index (χ2n) is 6.44. The number of aliphatic hydroxyl groups excluding tert-OH is 1. The van der Waals surface area contributed by atoms with Crippen molar-refractivity contribution in [1.29, 1.82) is 0 Å². The highest BCUT2D eigenvalue weighted by Gasteiger charge is 2.28. The second-order valence-corrected chi connectivity index (χ2v) is 6.44. The van der Waals surface area contributed by atoms with Crippen molar-refractivity contribution in [1.82, 2.24) is 0 Å². The molecule has 6 heteroatoms. The van der Waals surface area contributed by atoms with Crippen molar-refractivity contribution in [3.05, 3.63) is 95.8 Å². The molecule has 2 N–H and O–H groups in total. The van der Waals surface area contributed by atoms with Crippen molar-refractivity contribution in [3.8, 4) is 5.75 Å². The summed E-state index contributed by atoms with van der Waals surface area (Å²) in [6.45, 7) is 0.433. The summed E-state index contributed by atoms with van der Waals surface area (Å²) >= 11 is 0. The van der Waals surface area contributed by atoms with E-state index in [2.05, 4.69) is 10.1 Å². The van der Waals surface area contributed by atoms with Gasteiger partial charge in [0, 0.05) is 5.69 Å². The van der Waals surface area contributed by atoms with Gasteiger partial charge in [0.1, 0.15) is 18.2 Å². The van der Waals surface area contributed by atoms with Gasteiger partial charge in [-0.1, -0.05) is 42.5 Å². The van der Waals surface area contributed by atoms with E-state index in [1.165, 1.54) is 31.4 Å². The van der Waals surface area contributed by atoms with Gasteiger partial charge >= 0.3 is 5.97 Å². The van der Waals surface area contributed by atoms with Gasteiger partial charge in [0.15, 0.2) is 6.10 Å². The Bertz CT molecular complexity index is 914. The SMILES string of the molecule is COC(=O)[C@@H](O)[C@H](Nc1ccc(F)cc1)c1ccc(OCc2ccccc2)cc1.